The normalized spacial score (nSPS) is 14.5. The summed E-state index contributed by atoms with van der Waals surface area (Å²) in [5.41, 5.74) is 1.72. The van der Waals surface area contributed by atoms with Crippen LogP contribution in [0.5, 0.6) is 0 Å². The van der Waals surface area contributed by atoms with Crippen molar-refractivity contribution < 1.29 is 28.3 Å². The first-order chi connectivity index (χ1) is 16.8. The van der Waals surface area contributed by atoms with E-state index in [0.29, 0.717) is 29.4 Å². The Bertz CT molecular complexity index is 1310. The lowest BCUT2D eigenvalue weighted by Gasteiger charge is -2.12. The standard InChI is InChI=1S/C25H19BrN2O6S/c1-2-33-24(31)16-5-3-15(4-6-16)20-12-11-19(34-20)13-21-23(30)28(25(32)35-21)14-22(29)27-18-9-7-17(26)8-10-18/h3-13H,2,14H2,1H3,(H,27,29)/b21-13+. The lowest BCUT2D eigenvalue weighted by Crippen LogP contribution is -2.36. The zero-order valence-corrected chi connectivity index (χ0v) is 20.9. The number of rotatable bonds is 7. The van der Waals surface area contributed by atoms with Crippen molar-refractivity contribution in [3.8, 4) is 11.3 Å². The van der Waals surface area contributed by atoms with Crippen LogP contribution in [-0.2, 0) is 14.3 Å². The number of nitrogens with zero attached hydrogens (tertiary/aromatic N) is 1. The molecule has 3 aromatic rings. The van der Waals surface area contributed by atoms with E-state index in [1.165, 1.54) is 6.08 Å². The molecule has 2 aromatic carbocycles. The van der Waals surface area contributed by atoms with Gasteiger partial charge in [0, 0.05) is 21.8 Å². The molecular weight excluding hydrogens is 536 g/mol. The van der Waals surface area contributed by atoms with Crippen LogP contribution in [0.15, 0.2) is 74.5 Å². The van der Waals surface area contributed by atoms with Gasteiger partial charge in [-0.2, -0.15) is 0 Å². The van der Waals surface area contributed by atoms with Gasteiger partial charge in [0.15, 0.2) is 0 Å². The molecule has 0 bridgehead atoms. The zero-order chi connectivity index (χ0) is 24.9. The molecule has 0 aliphatic carbocycles. The van der Waals surface area contributed by atoms with Gasteiger partial charge < -0.3 is 14.5 Å². The first-order valence-electron chi connectivity index (χ1n) is 10.5. The molecule has 1 N–H and O–H groups in total. The molecule has 8 nitrogen and oxygen atoms in total. The maximum atomic E-state index is 12.7. The summed E-state index contributed by atoms with van der Waals surface area (Å²) in [7, 11) is 0. The molecule has 10 heteroatoms. The Morgan fingerprint density at radius 1 is 1.06 bits per heavy atom. The number of carbonyl (C=O) groups excluding carboxylic acids is 4. The Kier molecular flexibility index (Phi) is 7.52. The number of ether oxygens (including phenoxy) is 1. The summed E-state index contributed by atoms with van der Waals surface area (Å²) >= 11 is 4.06. The lowest BCUT2D eigenvalue weighted by molar-refractivity contribution is -0.127. The zero-order valence-electron chi connectivity index (χ0n) is 18.4. The minimum atomic E-state index is -0.567. The highest BCUT2D eigenvalue weighted by Crippen LogP contribution is 2.33. The molecule has 0 atom stereocenters. The summed E-state index contributed by atoms with van der Waals surface area (Å²) in [4.78, 5) is 50.3. The molecule has 3 amide bonds. The number of furan rings is 1. The van der Waals surface area contributed by atoms with Gasteiger partial charge in [-0.05, 0) is 67.2 Å². The molecule has 4 rings (SSSR count). The predicted molar refractivity (Wildman–Crippen MR) is 136 cm³/mol. The van der Waals surface area contributed by atoms with Gasteiger partial charge in [0.1, 0.15) is 18.1 Å². The van der Waals surface area contributed by atoms with Gasteiger partial charge in [-0.25, -0.2) is 4.79 Å². The molecule has 0 radical (unpaired) electrons. The van der Waals surface area contributed by atoms with Gasteiger partial charge >= 0.3 is 5.97 Å². The summed E-state index contributed by atoms with van der Waals surface area (Å²) in [6, 6.07) is 17.1. The molecule has 1 aliphatic rings. The molecule has 1 saturated heterocycles. The number of carbonyl (C=O) groups is 4. The quantitative estimate of drug-likeness (QED) is 0.301. The molecule has 178 valence electrons. The molecule has 0 saturated carbocycles. The summed E-state index contributed by atoms with van der Waals surface area (Å²) < 4.78 is 11.6. The van der Waals surface area contributed by atoms with Crippen LogP contribution in [0.25, 0.3) is 17.4 Å². The van der Waals surface area contributed by atoms with Crippen LogP contribution in [0.4, 0.5) is 10.5 Å². The van der Waals surface area contributed by atoms with Crippen molar-refractivity contribution in [1.82, 2.24) is 4.90 Å². The fraction of sp³-hybridized carbons (Fsp3) is 0.120. The van der Waals surface area contributed by atoms with Gasteiger partial charge in [-0.15, -0.1) is 0 Å². The number of hydrogen-bond donors (Lipinski definition) is 1. The van der Waals surface area contributed by atoms with Crippen molar-refractivity contribution in [1.29, 1.82) is 0 Å². The van der Waals surface area contributed by atoms with Crippen LogP contribution < -0.4 is 5.32 Å². The third kappa shape index (κ3) is 5.90. The van der Waals surface area contributed by atoms with E-state index in [0.717, 1.165) is 26.7 Å². The van der Waals surface area contributed by atoms with E-state index in [-0.39, 0.29) is 4.91 Å². The van der Waals surface area contributed by atoms with Gasteiger partial charge in [-0.1, -0.05) is 28.1 Å². The van der Waals surface area contributed by atoms with Crippen LogP contribution in [0.3, 0.4) is 0 Å². The van der Waals surface area contributed by atoms with E-state index in [2.05, 4.69) is 21.2 Å². The van der Waals surface area contributed by atoms with Crippen molar-refractivity contribution in [2.75, 3.05) is 18.5 Å². The minimum absolute atomic E-state index is 0.157. The van der Waals surface area contributed by atoms with Crippen molar-refractivity contribution in [2.45, 2.75) is 6.92 Å². The van der Waals surface area contributed by atoms with Crippen molar-refractivity contribution in [3.63, 3.8) is 0 Å². The lowest BCUT2D eigenvalue weighted by atomic mass is 10.1. The highest BCUT2D eigenvalue weighted by molar-refractivity contribution is 9.10. The predicted octanol–water partition coefficient (Wildman–Crippen LogP) is 5.56. The Labute approximate surface area is 213 Å². The Morgan fingerprint density at radius 2 is 1.77 bits per heavy atom. The number of hydrogen-bond acceptors (Lipinski definition) is 7. The monoisotopic (exact) mass is 554 g/mol. The third-order valence-electron chi connectivity index (χ3n) is 4.88. The SMILES string of the molecule is CCOC(=O)c1ccc(-c2ccc(/C=C3/SC(=O)N(CC(=O)Nc4ccc(Br)cc4)C3=O)o2)cc1. The smallest absolute Gasteiger partial charge is 0.338 e. The van der Waals surface area contributed by atoms with Gasteiger partial charge in [0.2, 0.25) is 5.91 Å². The second kappa shape index (κ2) is 10.7. The number of amides is 3. The van der Waals surface area contributed by atoms with E-state index < -0.39 is 29.6 Å². The number of benzene rings is 2. The minimum Gasteiger partial charge on any atom is -0.462 e. The average Bonchev–Trinajstić information content (AvgIpc) is 3.41. The van der Waals surface area contributed by atoms with Gasteiger partial charge in [0.05, 0.1) is 17.1 Å². The van der Waals surface area contributed by atoms with Crippen molar-refractivity contribution in [2.24, 2.45) is 0 Å². The summed E-state index contributed by atoms with van der Waals surface area (Å²) in [6.45, 7) is 1.64. The third-order valence-corrected chi connectivity index (χ3v) is 6.32. The molecular formula is C25H19BrN2O6S. The van der Waals surface area contributed by atoms with E-state index in [4.69, 9.17) is 9.15 Å². The highest BCUT2D eigenvalue weighted by Gasteiger charge is 2.36. The Morgan fingerprint density at radius 3 is 2.46 bits per heavy atom. The first-order valence-corrected chi connectivity index (χ1v) is 12.1. The number of esters is 1. The molecule has 1 fully saturated rings. The molecule has 0 spiro atoms. The van der Waals surface area contributed by atoms with E-state index in [1.54, 1.807) is 67.6 Å². The van der Waals surface area contributed by atoms with E-state index in [9.17, 15) is 19.2 Å². The molecule has 0 unspecified atom stereocenters. The molecule has 35 heavy (non-hydrogen) atoms. The Balaban J connectivity index is 1.42. The van der Waals surface area contributed by atoms with Crippen molar-refractivity contribution >= 4 is 62.5 Å². The van der Waals surface area contributed by atoms with Gasteiger partial charge in [-0.3, -0.25) is 19.3 Å². The first kappa shape index (κ1) is 24.5. The summed E-state index contributed by atoms with van der Waals surface area (Å²) in [5.74, 6) is -0.551. The molecule has 1 aromatic heterocycles. The number of anilines is 1. The second-order valence-corrected chi connectivity index (χ2v) is 9.23. The van der Waals surface area contributed by atoms with Crippen molar-refractivity contribution in [3.05, 3.63) is 81.4 Å². The number of thioether (sulfide) groups is 1. The average molecular weight is 555 g/mol. The van der Waals surface area contributed by atoms with E-state index >= 15 is 0 Å². The Hall–Kier alpha value is -3.63. The van der Waals surface area contributed by atoms with Crippen LogP contribution >= 0.6 is 27.7 Å². The van der Waals surface area contributed by atoms with E-state index in [1.807, 2.05) is 0 Å². The van der Waals surface area contributed by atoms with Crippen LogP contribution in [-0.4, -0.2) is 41.1 Å². The number of imide groups is 1. The highest BCUT2D eigenvalue weighted by atomic mass is 79.9. The van der Waals surface area contributed by atoms with Crippen LogP contribution in [0.1, 0.15) is 23.0 Å². The van der Waals surface area contributed by atoms with Crippen LogP contribution in [0.2, 0.25) is 0 Å². The largest absolute Gasteiger partial charge is 0.462 e. The maximum absolute atomic E-state index is 12.7. The number of halogens is 1. The second-order valence-electron chi connectivity index (χ2n) is 7.32. The van der Waals surface area contributed by atoms with Gasteiger partial charge in [0.25, 0.3) is 11.1 Å². The summed E-state index contributed by atoms with van der Waals surface area (Å²) in [6.07, 6.45) is 1.47. The molecule has 2 heterocycles. The number of nitrogens with one attached hydrogen (secondary N) is 1. The fourth-order valence-corrected chi connectivity index (χ4v) is 4.30. The topological polar surface area (TPSA) is 106 Å². The molecule has 1 aliphatic heterocycles. The fourth-order valence-electron chi connectivity index (χ4n) is 3.21. The summed E-state index contributed by atoms with van der Waals surface area (Å²) in [5, 5.41) is 2.13. The maximum Gasteiger partial charge on any atom is 0.338 e. The van der Waals surface area contributed by atoms with Crippen LogP contribution in [0, 0.1) is 0 Å².